The van der Waals surface area contributed by atoms with Gasteiger partial charge in [-0.25, -0.2) is 0 Å². The van der Waals surface area contributed by atoms with Crippen LogP contribution in [0.2, 0.25) is 0 Å². The van der Waals surface area contributed by atoms with Gasteiger partial charge in [-0.2, -0.15) is 0 Å². The summed E-state index contributed by atoms with van der Waals surface area (Å²) in [6.07, 6.45) is 0. The van der Waals surface area contributed by atoms with Crippen molar-refractivity contribution in [1.29, 1.82) is 0 Å². The van der Waals surface area contributed by atoms with Gasteiger partial charge in [-0.3, -0.25) is 0 Å². The maximum Gasteiger partial charge on any atom is 0.149 e. The number of carbonyl (C=O) groups excluding carboxylic acids is 1. The van der Waals surface area contributed by atoms with E-state index < -0.39 is 5.97 Å². The monoisotopic (exact) mass is 273 g/mol. The zero-order valence-electron chi connectivity index (χ0n) is 11.8. The molecule has 0 saturated heterocycles. The second-order valence-corrected chi connectivity index (χ2v) is 5.04. The van der Waals surface area contributed by atoms with E-state index in [9.17, 15) is 9.90 Å². The van der Waals surface area contributed by atoms with Crippen molar-refractivity contribution in [3.8, 4) is 5.75 Å². The van der Waals surface area contributed by atoms with E-state index in [0.29, 0.717) is 11.7 Å². The Morgan fingerprint density at radius 3 is 2.65 bits per heavy atom. The van der Waals surface area contributed by atoms with Gasteiger partial charge >= 0.3 is 0 Å². The van der Waals surface area contributed by atoms with Crippen LogP contribution in [0.5, 0.6) is 5.75 Å². The highest BCUT2D eigenvalue weighted by Gasteiger charge is 2.10. The standard InChI is InChI=1S/C16H18O4/c1-10(2)13-6-4-11(3)8-15(13)19-9-12-5-7-14(20-12)16(17)18/h4-8,10H,9H2,1-3H3,(H,17,18)/p-1. The fraction of sp³-hybridized carbons (Fsp3) is 0.312. The lowest BCUT2D eigenvalue weighted by Crippen LogP contribution is -2.21. The fourth-order valence-corrected chi connectivity index (χ4v) is 1.96. The largest absolute Gasteiger partial charge is 0.542 e. The van der Waals surface area contributed by atoms with Crippen LogP contribution < -0.4 is 9.84 Å². The van der Waals surface area contributed by atoms with Crippen LogP contribution >= 0.6 is 0 Å². The SMILES string of the molecule is Cc1ccc(C(C)C)c(OCc2ccc(C(=O)[O-])o2)c1. The van der Waals surface area contributed by atoms with Crippen molar-refractivity contribution >= 4 is 5.97 Å². The first-order chi connectivity index (χ1) is 9.47. The Labute approximate surface area is 118 Å². The van der Waals surface area contributed by atoms with Crippen LogP contribution in [0.3, 0.4) is 0 Å². The van der Waals surface area contributed by atoms with Gasteiger partial charge in [0.25, 0.3) is 0 Å². The zero-order chi connectivity index (χ0) is 14.7. The van der Waals surface area contributed by atoms with Crippen LogP contribution in [-0.2, 0) is 6.61 Å². The molecule has 0 spiro atoms. The number of carboxylic acid groups (broad SMARTS) is 1. The predicted octanol–water partition coefficient (Wildman–Crippen LogP) is 2.65. The van der Waals surface area contributed by atoms with Crippen molar-refractivity contribution in [2.45, 2.75) is 33.3 Å². The summed E-state index contributed by atoms with van der Waals surface area (Å²) >= 11 is 0. The van der Waals surface area contributed by atoms with Gasteiger partial charge in [0.15, 0.2) is 0 Å². The molecule has 0 unspecified atom stereocenters. The molecular formula is C16H17O4-. The quantitative estimate of drug-likeness (QED) is 0.840. The van der Waals surface area contributed by atoms with Crippen molar-refractivity contribution in [1.82, 2.24) is 0 Å². The highest BCUT2D eigenvalue weighted by molar-refractivity contribution is 5.82. The molecule has 0 saturated carbocycles. The molecule has 0 bridgehead atoms. The fourth-order valence-electron chi connectivity index (χ4n) is 1.96. The average Bonchev–Trinajstić information content (AvgIpc) is 2.85. The van der Waals surface area contributed by atoms with Crippen molar-refractivity contribution in [3.63, 3.8) is 0 Å². The molecule has 0 radical (unpaired) electrons. The van der Waals surface area contributed by atoms with Crippen LogP contribution in [0.4, 0.5) is 0 Å². The Kier molecular flexibility index (Phi) is 4.13. The number of aromatic carboxylic acids is 1. The van der Waals surface area contributed by atoms with Gasteiger partial charge in [0.1, 0.15) is 29.8 Å². The number of aryl methyl sites for hydroxylation is 1. The summed E-state index contributed by atoms with van der Waals surface area (Å²) in [6.45, 7) is 6.38. The van der Waals surface area contributed by atoms with Gasteiger partial charge < -0.3 is 19.1 Å². The predicted molar refractivity (Wildman–Crippen MR) is 72.6 cm³/mol. The molecule has 0 N–H and O–H groups in total. The third-order valence-corrected chi connectivity index (χ3v) is 3.02. The van der Waals surface area contributed by atoms with Gasteiger partial charge in [0.2, 0.25) is 0 Å². The van der Waals surface area contributed by atoms with E-state index in [-0.39, 0.29) is 12.4 Å². The lowest BCUT2D eigenvalue weighted by molar-refractivity contribution is -0.257. The highest BCUT2D eigenvalue weighted by Crippen LogP contribution is 2.28. The van der Waals surface area contributed by atoms with Gasteiger partial charge in [-0.15, -0.1) is 0 Å². The normalized spacial score (nSPS) is 10.8. The summed E-state index contributed by atoms with van der Waals surface area (Å²) in [5.41, 5.74) is 2.22. The molecule has 2 aromatic rings. The minimum Gasteiger partial charge on any atom is -0.542 e. The first kappa shape index (κ1) is 14.2. The minimum absolute atomic E-state index is 0.183. The average molecular weight is 273 g/mol. The van der Waals surface area contributed by atoms with Crippen molar-refractivity contribution in [3.05, 3.63) is 53.0 Å². The molecule has 0 atom stereocenters. The summed E-state index contributed by atoms with van der Waals surface area (Å²) in [5.74, 6) is 0.0967. The lowest BCUT2D eigenvalue weighted by Gasteiger charge is -2.14. The summed E-state index contributed by atoms with van der Waals surface area (Å²) in [6, 6.07) is 9.01. The second kappa shape index (κ2) is 5.82. The number of rotatable bonds is 5. The maximum absolute atomic E-state index is 10.6. The summed E-state index contributed by atoms with van der Waals surface area (Å²) in [7, 11) is 0. The van der Waals surface area contributed by atoms with E-state index in [1.165, 1.54) is 6.07 Å². The van der Waals surface area contributed by atoms with Crippen LogP contribution in [0, 0.1) is 6.92 Å². The Balaban J connectivity index is 2.13. The minimum atomic E-state index is -1.32. The molecule has 4 nitrogen and oxygen atoms in total. The molecule has 0 amide bonds. The first-order valence-electron chi connectivity index (χ1n) is 6.50. The zero-order valence-corrected chi connectivity index (χ0v) is 11.8. The Morgan fingerprint density at radius 2 is 2.05 bits per heavy atom. The summed E-state index contributed by atoms with van der Waals surface area (Å²) in [5, 5.41) is 10.6. The molecule has 1 aromatic carbocycles. The molecule has 1 aromatic heterocycles. The summed E-state index contributed by atoms with van der Waals surface area (Å²) < 4.78 is 10.9. The molecule has 4 heteroatoms. The number of ether oxygens (including phenoxy) is 1. The Morgan fingerprint density at radius 1 is 1.30 bits per heavy atom. The van der Waals surface area contributed by atoms with E-state index in [1.807, 2.05) is 25.1 Å². The van der Waals surface area contributed by atoms with Crippen LogP contribution in [0.1, 0.15) is 47.2 Å². The molecule has 2 rings (SSSR count). The molecule has 106 valence electrons. The van der Waals surface area contributed by atoms with E-state index >= 15 is 0 Å². The third-order valence-electron chi connectivity index (χ3n) is 3.02. The van der Waals surface area contributed by atoms with E-state index in [4.69, 9.17) is 9.15 Å². The van der Waals surface area contributed by atoms with E-state index in [1.54, 1.807) is 6.07 Å². The van der Waals surface area contributed by atoms with E-state index in [2.05, 4.69) is 13.8 Å². The van der Waals surface area contributed by atoms with Crippen LogP contribution in [0.25, 0.3) is 0 Å². The number of furan rings is 1. The molecular weight excluding hydrogens is 256 g/mol. The second-order valence-electron chi connectivity index (χ2n) is 5.04. The third kappa shape index (κ3) is 3.20. The number of carboxylic acids is 1. The van der Waals surface area contributed by atoms with Gasteiger partial charge in [0.05, 0.1) is 0 Å². The van der Waals surface area contributed by atoms with Crippen LogP contribution in [-0.4, -0.2) is 5.97 Å². The lowest BCUT2D eigenvalue weighted by atomic mass is 10.0. The topological polar surface area (TPSA) is 62.5 Å². The maximum atomic E-state index is 10.6. The van der Waals surface area contributed by atoms with Crippen molar-refractivity contribution in [2.75, 3.05) is 0 Å². The van der Waals surface area contributed by atoms with Crippen molar-refractivity contribution in [2.24, 2.45) is 0 Å². The molecule has 0 fully saturated rings. The Bertz CT molecular complexity index is 611. The molecule has 0 aliphatic carbocycles. The van der Waals surface area contributed by atoms with Gasteiger partial charge in [-0.1, -0.05) is 26.0 Å². The number of hydrogen-bond donors (Lipinski definition) is 0. The van der Waals surface area contributed by atoms with Gasteiger partial charge in [-0.05, 0) is 42.2 Å². The van der Waals surface area contributed by atoms with E-state index in [0.717, 1.165) is 16.9 Å². The summed E-state index contributed by atoms with van der Waals surface area (Å²) in [4.78, 5) is 10.6. The Hall–Kier alpha value is -2.23. The first-order valence-corrected chi connectivity index (χ1v) is 6.50. The smallest absolute Gasteiger partial charge is 0.149 e. The molecule has 1 heterocycles. The molecule has 0 aliphatic rings. The number of hydrogen-bond acceptors (Lipinski definition) is 4. The molecule has 20 heavy (non-hydrogen) atoms. The van der Waals surface area contributed by atoms with Crippen LogP contribution in [0.15, 0.2) is 34.7 Å². The number of benzene rings is 1. The van der Waals surface area contributed by atoms with Gasteiger partial charge in [0, 0.05) is 0 Å². The number of carbonyl (C=O) groups is 1. The molecule has 0 aliphatic heterocycles. The van der Waals surface area contributed by atoms with Crippen molar-refractivity contribution < 1.29 is 19.1 Å². The highest BCUT2D eigenvalue weighted by atomic mass is 16.5.